The molecule has 0 aliphatic heterocycles. The molecular formula is C8H16N2O. The molecule has 0 fully saturated rings. The van der Waals surface area contributed by atoms with Gasteiger partial charge in [0.05, 0.1) is 6.07 Å². The standard InChI is InChI=1S/C8H16N2O/c9-5-1-2-6-10-7-3-4-8-11/h10-11H,1-4,6-8H2. The molecule has 0 amide bonds. The van der Waals surface area contributed by atoms with Crippen LogP contribution in [0, 0.1) is 11.3 Å². The van der Waals surface area contributed by atoms with Gasteiger partial charge >= 0.3 is 0 Å². The topological polar surface area (TPSA) is 56.0 Å². The Morgan fingerprint density at radius 2 is 1.91 bits per heavy atom. The van der Waals surface area contributed by atoms with E-state index >= 15 is 0 Å². The first-order valence-corrected chi connectivity index (χ1v) is 4.10. The predicted octanol–water partition coefficient (Wildman–Crippen LogP) is 0.652. The van der Waals surface area contributed by atoms with Gasteiger partial charge in [-0.15, -0.1) is 0 Å². The molecule has 3 heteroatoms. The number of aliphatic hydroxyl groups is 1. The minimum Gasteiger partial charge on any atom is -0.396 e. The van der Waals surface area contributed by atoms with Crippen molar-refractivity contribution in [3.8, 4) is 6.07 Å². The Bertz CT molecular complexity index is 109. The Labute approximate surface area is 68.0 Å². The molecule has 0 aromatic carbocycles. The molecule has 0 atom stereocenters. The first kappa shape index (κ1) is 10.4. The Morgan fingerprint density at radius 3 is 2.55 bits per heavy atom. The molecule has 0 aromatic rings. The van der Waals surface area contributed by atoms with Gasteiger partial charge in [-0.05, 0) is 32.4 Å². The molecule has 0 aliphatic carbocycles. The molecule has 64 valence electrons. The molecule has 11 heavy (non-hydrogen) atoms. The second-order valence-electron chi connectivity index (χ2n) is 2.44. The first-order valence-electron chi connectivity index (χ1n) is 4.10. The van der Waals surface area contributed by atoms with Crippen LogP contribution in [-0.2, 0) is 0 Å². The number of nitrogens with zero attached hydrogens (tertiary/aromatic N) is 1. The van der Waals surface area contributed by atoms with Crippen LogP contribution in [0.3, 0.4) is 0 Å². The summed E-state index contributed by atoms with van der Waals surface area (Å²) in [5.74, 6) is 0. The van der Waals surface area contributed by atoms with Crippen molar-refractivity contribution >= 4 is 0 Å². The van der Waals surface area contributed by atoms with Crippen LogP contribution in [0.15, 0.2) is 0 Å². The molecule has 2 N–H and O–H groups in total. The summed E-state index contributed by atoms with van der Waals surface area (Å²) in [5, 5.41) is 19.8. The summed E-state index contributed by atoms with van der Waals surface area (Å²) >= 11 is 0. The van der Waals surface area contributed by atoms with Crippen molar-refractivity contribution in [1.82, 2.24) is 5.32 Å². The summed E-state index contributed by atoms with van der Waals surface area (Å²) in [6, 6.07) is 2.09. The van der Waals surface area contributed by atoms with Crippen molar-refractivity contribution in [3.05, 3.63) is 0 Å². The van der Waals surface area contributed by atoms with E-state index in [1.54, 1.807) is 0 Å². The lowest BCUT2D eigenvalue weighted by Gasteiger charge is -2.00. The third-order valence-corrected chi connectivity index (χ3v) is 1.40. The summed E-state index contributed by atoms with van der Waals surface area (Å²) < 4.78 is 0. The number of nitriles is 1. The minimum absolute atomic E-state index is 0.278. The second kappa shape index (κ2) is 9.41. The second-order valence-corrected chi connectivity index (χ2v) is 2.44. The van der Waals surface area contributed by atoms with E-state index in [0.29, 0.717) is 6.42 Å². The SMILES string of the molecule is N#CCCCNCCCCO. The smallest absolute Gasteiger partial charge is 0.0622 e. The Hall–Kier alpha value is -0.590. The molecule has 0 saturated carbocycles. The number of hydrogen-bond donors (Lipinski definition) is 2. The zero-order chi connectivity index (χ0) is 8.36. The Morgan fingerprint density at radius 1 is 1.18 bits per heavy atom. The monoisotopic (exact) mass is 156 g/mol. The van der Waals surface area contributed by atoms with Crippen LogP contribution in [0.1, 0.15) is 25.7 Å². The molecule has 0 saturated heterocycles. The summed E-state index contributed by atoms with van der Waals surface area (Å²) in [6.45, 7) is 2.14. The average Bonchev–Trinajstić information content (AvgIpc) is 2.03. The zero-order valence-corrected chi connectivity index (χ0v) is 6.84. The van der Waals surface area contributed by atoms with E-state index in [1.807, 2.05) is 0 Å². The van der Waals surface area contributed by atoms with Gasteiger partial charge in [-0.2, -0.15) is 5.26 Å². The average molecular weight is 156 g/mol. The Kier molecular flexibility index (Phi) is 8.91. The van der Waals surface area contributed by atoms with Gasteiger partial charge in [0.2, 0.25) is 0 Å². The van der Waals surface area contributed by atoms with E-state index in [0.717, 1.165) is 32.4 Å². The van der Waals surface area contributed by atoms with Gasteiger partial charge < -0.3 is 10.4 Å². The number of aliphatic hydroxyl groups excluding tert-OH is 1. The fraction of sp³-hybridized carbons (Fsp3) is 0.875. The van der Waals surface area contributed by atoms with Crippen molar-refractivity contribution in [3.63, 3.8) is 0 Å². The molecule has 0 spiro atoms. The van der Waals surface area contributed by atoms with E-state index in [-0.39, 0.29) is 6.61 Å². The molecule has 0 rings (SSSR count). The highest BCUT2D eigenvalue weighted by atomic mass is 16.2. The van der Waals surface area contributed by atoms with Gasteiger partial charge in [0.1, 0.15) is 0 Å². The highest BCUT2D eigenvalue weighted by Crippen LogP contribution is 1.86. The lowest BCUT2D eigenvalue weighted by atomic mass is 10.3. The zero-order valence-electron chi connectivity index (χ0n) is 6.84. The van der Waals surface area contributed by atoms with E-state index in [9.17, 15) is 0 Å². The van der Waals surface area contributed by atoms with Crippen molar-refractivity contribution in [2.45, 2.75) is 25.7 Å². The maximum absolute atomic E-state index is 8.44. The fourth-order valence-corrected chi connectivity index (χ4v) is 0.779. The quantitative estimate of drug-likeness (QED) is 0.532. The molecule has 0 aliphatic rings. The fourth-order valence-electron chi connectivity index (χ4n) is 0.779. The van der Waals surface area contributed by atoms with Crippen LogP contribution < -0.4 is 5.32 Å². The lowest BCUT2D eigenvalue weighted by molar-refractivity contribution is 0.283. The van der Waals surface area contributed by atoms with E-state index in [2.05, 4.69) is 11.4 Å². The molecule has 0 aromatic heterocycles. The van der Waals surface area contributed by atoms with Crippen molar-refractivity contribution in [2.24, 2.45) is 0 Å². The first-order chi connectivity index (χ1) is 5.41. The molecule has 0 bridgehead atoms. The summed E-state index contributed by atoms with van der Waals surface area (Å²) in [6.07, 6.45) is 3.44. The molecule has 0 radical (unpaired) electrons. The van der Waals surface area contributed by atoms with Crippen molar-refractivity contribution < 1.29 is 5.11 Å². The number of unbranched alkanes of at least 4 members (excludes halogenated alkanes) is 2. The number of rotatable bonds is 7. The molecule has 0 unspecified atom stereocenters. The van der Waals surface area contributed by atoms with Gasteiger partial charge in [0.15, 0.2) is 0 Å². The van der Waals surface area contributed by atoms with Crippen molar-refractivity contribution in [1.29, 1.82) is 5.26 Å². The summed E-state index contributed by atoms with van der Waals surface area (Å²) in [5.41, 5.74) is 0. The summed E-state index contributed by atoms with van der Waals surface area (Å²) in [4.78, 5) is 0. The third-order valence-electron chi connectivity index (χ3n) is 1.40. The minimum atomic E-state index is 0.278. The molecule has 3 nitrogen and oxygen atoms in total. The number of nitrogens with one attached hydrogen (secondary N) is 1. The maximum Gasteiger partial charge on any atom is 0.0622 e. The van der Waals surface area contributed by atoms with Crippen LogP contribution in [-0.4, -0.2) is 24.8 Å². The molecular weight excluding hydrogens is 140 g/mol. The van der Waals surface area contributed by atoms with Gasteiger partial charge in [0.25, 0.3) is 0 Å². The maximum atomic E-state index is 8.44. The predicted molar refractivity (Wildman–Crippen MR) is 44.0 cm³/mol. The highest BCUT2D eigenvalue weighted by molar-refractivity contribution is 4.68. The van der Waals surface area contributed by atoms with Crippen LogP contribution in [0.4, 0.5) is 0 Å². The lowest BCUT2D eigenvalue weighted by Crippen LogP contribution is -2.16. The highest BCUT2D eigenvalue weighted by Gasteiger charge is 1.87. The van der Waals surface area contributed by atoms with Crippen LogP contribution >= 0.6 is 0 Å². The van der Waals surface area contributed by atoms with Crippen molar-refractivity contribution in [2.75, 3.05) is 19.7 Å². The normalized spacial score (nSPS) is 9.45. The molecule has 0 heterocycles. The van der Waals surface area contributed by atoms with Gasteiger partial charge in [-0.25, -0.2) is 0 Å². The van der Waals surface area contributed by atoms with Crippen LogP contribution in [0.5, 0.6) is 0 Å². The van der Waals surface area contributed by atoms with E-state index in [1.165, 1.54) is 0 Å². The summed E-state index contributed by atoms with van der Waals surface area (Å²) in [7, 11) is 0. The largest absolute Gasteiger partial charge is 0.396 e. The van der Waals surface area contributed by atoms with Crippen LogP contribution in [0.2, 0.25) is 0 Å². The van der Waals surface area contributed by atoms with Crippen LogP contribution in [0.25, 0.3) is 0 Å². The van der Waals surface area contributed by atoms with Gasteiger partial charge in [-0.1, -0.05) is 0 Å². The van der Waals surface area contributed by atoms with Gasteiger partial charge in [0, 0.05) is 13.0 Å². The van der Waals surface area contributed by atoms with E-state index < -0.39 is 0 Å². The van der Waals surface area contributed by atoms with Gasteiger partial charge in [-0.3, -0.25) is 0 Å². The van der Waals surface area contributed by atoms with E-state index in [4.69, 9.17) is 10.4 Å². The number of hydrogen-bond acceptors (Lipinski definition) is 3. The third kappa shape index (κ3) is 9.41. The Balaban J connectivity index is 2.75.